The molecule has 5 heteroatoms. The Kier molecular flexibility index (Phi) is 4.03. The van der Waals surface area contributed by atoms with Gasteiger partial charge in [0.15, 0.2) is 6.20 Å². The molecule has 0 fully saturated rings. The molecule has 4 aromatic heterocycles. The molecule has 1 aromatic carbocycles. The van der Waals surface area contributed by atoms with Crippen LogP contribution in [0.1, 0.15) is 16.7 Å². The minimum atomic E-state index is 0.952. The average molecular weight is 398 g/mol. The van der Waals surface area contributed by atoms with Crippen molar-refractivity contribution in [2.45, 2.75) is 20.8 Å². The van der Waals surface area contributed by atoms with Crippen LogP contribution in [0.25, 0.3) is 39.6 Å². The molecule has 0 aliphatic heterocycles. The van der Waals surface area contributed by atoms with Crippen molar-refractivity contribution in [2.24, 2.45) is 21.1 Å². The molecule has 0 radical (unpaired) electrons. The Bertz CT molecular complexity index is 1450. The molecule has 0 saturated heterocycles. The first-order chi connectivity index (χ1) is 14.4. The molecule has 0 amide bonds. The topological polar surface area (TPSA) is 30.0 Å². The highest BCUT2D eigenvalue weighted by atomic mass is 15.2. The number of para-hydroxylation sites is 2. The van der Waals surface area contributed by atoms with Crippen LogP contribution in [0.15, 0.2) is 54.9 Å². The maximum Gasteiger partial charge on any atom is 0.280 e. The fourth-order valence-electron chi connectivity index (χ4n) is 4.77. The highest BCUT2D eigenvalue weighted by Crippen LogP contribution is 2.28. The van der Waals surface area contributed by atoms with Crippen LogP contribution in [-0.2, 0) is 21.1 Å². The van der Waals surface area contributed by atoms with E-state index < -0.39 is 0 Å². The second-order valence-electron chi connectivity index (χ2n) is 8.31. The monoisotopic (exact) mass is 397 g/mol. The molecule has 0 aliphatic carbocycles. The number of hydrogen-bond acceptors (Lipinski definition) is 1. The predicted octanol–water partition coefficient (Wildman–Crippen LogP) is 3.73. The van der Waals surface area contributed by atoms with Crippen LogP contribution in [0.5, 0.6) is 0 Å². The van der Waals surface area contributed by atoms with Gasteiger partial charge in [0.2, 0.25) is 11.5 Å². The minimum Gasteiger partial charge on any atom is -0.308 e. The van der Waals surface area contributed by atoms with Crippen LogP contribution in [0.3, 0.4) is 0 Å². The highest BCUT2D eigenvalue weighted by molar-refractivity contribution is 5.81. The van der Waals surface area contributed by atoms with Crippen molar-refractivity contribution < 1.29 is 9.13 Å². The molecule has 5 rings (SSSR count). The normalized spacial score (nSPS) is 11.7. The molecule has 5 nitrogen and oxygen atoms in total. The Morgan fingerprint density at radius 2 is 1.63 bits per heavy atom. The number of aryl methyl sites for hydroxylation is 5. The number of pyridine rings is 2. The summed E-state index contributed by atoms with van der Waals surface area (Å²) in [6.45, 7) is 6.51. The first kappa shape index (κ1) is 18.6. The first-order valence-electron chi connectivity index (χ1n) is 10.3. The van der Waals surface area contributed by atoms with Gasteiger partial charge in [0.05, 0.1) is 11.0 Å². The van der Waals surface area contributed by atoms with Gasteiger partial charge in [-0.05, 0) is 45.0 Å². The van der Waals surface area contributed by atoms with E-state index in [0.717, 1.165) is 22.5 Å². The van der Waals surface area contributed by atoms with Gasteiger partial charge in [0.1, 0.15) is 19.8 Å². The van der Waals surface area contributed by atoms with Gasteiger partial charge in [-0.2, -0.15) is 9.13 Å². The Labute approximate surface area is 176 Å². The van der Waals surface area contributed by atoms with Crippen molar-refractivity contribution >= 4 is 16.8 Å². The molecule has 0 bridgehead atoms. The fourth-order valence-corrected chi connectivity index (χ4v) is 4.77. The number of hydrogen-bond donors (Lipinski definition) is 0. The Balaban J connectivity index is 1.80. The molecule has 30 heavy (non-hydrogen) atoms. The number of rotatable bonds is 2. The van der Waals surface area contributed by atoms with Crippen LogP contribution in [0.4, 0.5) is 0 Å². The lowest BCUT2D eigenvalue weighted by atomic mass is 10.0. The van der Waals surface area contributed by atoms with Crippen LogP contribution in [0, 0.1) is 20.8 Å². The van der Waals surface area contributed by atoms with Crippen LogP contribution in [0.2, 0.25) is 0 Å². The Morgan fingerprint density at radius 3 is 2.40 bits per heavy atom. The molecular weight excluding hydrogens is 370 g/mol. The van der Waals surface area contributed by atoms with E-state index >= 15 is 0 Å². The van der Waals surface area contributed by atoms with Gasteiger partial charge in [-0.3, -0.25) is 4.40 Å². The van der Waals surface area contributed by atoms with Gasteiger partial charge < -0.3 is 4.57 Å². The van der Waals surface area contributed by atoms with E-state index in [4.69, 9.17) is 4.98 Å². The molecule has 0 spiro atoms. The van der Waals surface area contributed by atoms with Crippen molar-refractivity contribution in [1.29, 1.82) is 0 Å². The molecule has 0 atom stereocenters. The summed E-state index contributed by atoms with van der Waals surface area (Å²) in [7, 11) is 6.38. The summed E-state index contributed by atoms with van der Waals surface area (Å²) in [6, 6.07) is 15.0. The summed E-state index contributed by atoms with van der Waals surface area (Å²) < 4.78 is 8.92. The Morgan fingerprint density at radius 1 is 0.900 bits per heavy atom. The number of imidazole rings is 2. The standard InChI is InChI=1S/C25H27N5/c1-16-11-12-21(27(4)14-16)23-17(2)13-18(3)24(29(23)6)22-15-30-20-10-8-7-9-19(20)26-25(30)28(22)5/h7-15H,1-6H3/q+2. The second kappa shape index (κ2) is 6.52. The summed E-state index contributed by atoms with van der Waals surface area (Å²) >= 11 is 0. The number of benzene rings is 1. The minimum absolute atomic E-state index is 0.952. The van der Waals surface area contributed by atoms with Gasteiger partial charge in [-0.1, -0.05) is 12.1 Å². The zero-order valence-corrected chi connectivity index (χ0v) is 18.4. The van der Waals surface area contributed by atoms with E-state index in [1.807, 2.05) is 6.07 Å². The molecule has 150 valence electrons. The van der Waals surface area contributed by atoms with Gasteiger partial charge in [0, 0.05) is 36.0 Å². The lowest BCUT2D eigenvalue weighted by molar-refractivity contribution is -0.685. The average Bonchev–Trinajstić information content (AvgIpc) is 3.20. The van der Waals surface area contributed by atoms with Gasteiger partial charge in [-0.15, -0.1) is 0 Å². The molecule has 0 unspecified atom stereocenters. The van der Waals surface area contributed by atoms with Gasteiger partial charge in [-0.25, -0.2) is 4.98 Å². The first-order valence-corrected chi connectivity index (χ1v) is 10.3. The lowest BCUT2D eigenvalue weighted by Crippen LogP contribution is -2.41. The molecule has 0 saturated carbocycles. The predicted molar refractivity (Wildman–Crippen MR) is 119 cm³/mol. The highest BCUT2D eigenvalue weighted by Gasteiger charge is 2.29. The molecule has 0 aliphatic rings. The van der Waals surface area contributed by atoms with Crippen LogP contribution >= 0.6 is 0 Å². The maximum atomic E-state index is 4.85. The summed E-state index contributed by atoms with van der Waals surface area (Å²) in [4.78, 5) is 4.85. The van der Waals surface area contributed by atoms with Crippen molar-refractivity contribution in [3.8, 4) is 22.8 Å². The maximum absolute atomic E-state index is 4.85. The fraction of sp³-hybridized carbons (Fsp3) is 0.240. The third-order valence-corrected chi connectivity index (χ3v) is 6.11. The summed E-state index contributed by atoms with van der Waals surface area (Å²) in [5, 5.41) is 0. The van der Waals surface area contributed by atoms with Gasteiger partial charge in [0.25, 0.3) is 11.4 Å². The van der Waals surface area contributed by atoms with E-state index in [9.17, 15) is 0 Å². The molecule has 4 heterocycles. The summed E-state index contributed by atoms with van der Waals surface area (Å²) in [5.41, 5.74) is 10.7. The molecule has 5 aromatic rings. The van der Waals surface area contributed by atoms with E-state index in [1.165, 1.54) is 33.8 Å². The van der Waals surface area contributed by atoms with Crippen LogP contribution in [-0.4, -0.2) is 14.0 Å². The smallest absolute Gasteiger partial charge is 0.280 e. The lowest BCUT2D eigenvalue weighted by Gasteiger charge is -2.10. The SMILES string of the molecule is Cc1ccc(-c2c(C)cc(C)c(-c3cn4c5ccccc5nc4n3C)[n+]2C)[n+](C)c1. The van der Waals surface area contributed by atoms with E-state index in [1.54, 1.807) is 0 Å². The van der Waals surface area contributed by atoms with Crippen molar-refractivity contribution in [1.82, 2.24) is 14.0 Å². The molecular formula is C25H27N5+2. The van der Waals surface area contributed by atoms with Crippen molar-refractivity contribution in [3.63, 3.8) is 0 Å². The number of fused-ring (bicyclic) bond motifs is 3. The number of aromatic nitrogens is 5. The van der Waals surface area contributed by atoms with Crippen molar-refractivity contribution in [3.05, 3.63) is 71.5 Å². The van der Waals surface area contributed by atoms with E-state index in [-0.39, 0.29) is 0 Å². The van der Waals surface area contributed by atoms with E-state index in [2.05, 4.69) is 109 Å². The largest absolute Gasteiger partial charge is 0.308 e. The third-order valence-electron chi connectivity index (χ3n) is 6.11. The summed E-state index contributed by atoms with van der Waals surface area (Å²) in [6.07, 6.45) is 4.39. The van der Waals surface area contributed by atoms with Gasteiger partial charge >= 0.3 is 0 Å². The zero-order chi connectivity index (χ0) is 21.2. The van der Waals surface area contributed by atoms with Crippen LogP contribution < -0.4 is 9.13 Å². The quantitative estimate of drug-likeness (QED) is 0.418. The number of nitrogens with zero attached hydrogens (tertiary/aromatic N) is 5. The third kappa shape index (κ3) is 2.58. The van der Waals surface area contributed by atoms with Crippen molar-refractivity contribution in [2.75, 3.05) is 0 Å². The van der Waals surface area contributed by atoms with E-state index in [0.29, 0.717) is 0 Å². The Hall–Kier alpha value is -3.47. The second-order valence-corrected chi connectivity index (χ2v) is 8.31. The molecule has 0 N–H and O–H groups in total. The summed E-state index contributed by atoms with van der Waals surface area (Å²) in [5.74, 6) is 0.952. The zero-order valence-electron chi connectivity index (χ0n) is 18.4.